The molecule has 0 radical (unpaired) electrons. The van der Waals surface area contributed by atoms with E-state index in [9.17, 15) is 9.59 Å². The Morgan fingerprint density at radius 1 is 1.20 bits per heavy atom. The van der Waals surface area contributed by atoms with Crippen molar-refractivity contribution in [2.24, 2.45) is 16.5 Å². The Kier molecular flexibility index (Phi) is 9.02. The van der Waals surface area contributed by atoms with Gasteiger partial charge in [0.05, 0.1) is 18.7 Å². The summed E-state index contributed by atoms with van der Waals surface area (Å²) in [6.07, 6.45) is 2.62. The van der Waals surface area contributed by atoms with Crippen LogP contribution in [0.4, 0.5) is 5.69 Å². The summed E-state index contributed by atoms with van der Waals surface area (Å²) < 4.78 is 5.70. The van der Waals surface area contributed by atoms with E-state index < -0.39 is 0 Å². The SMILES string of the molecule is CNCC(=O)Nc1ccc(OCCCCCN=C(N)N)c(C(C)=O)c1. The second kappa shape index (κ2) is 11.0. The predicted octanol–water partition coefficient (Wildman–Crippen LogP) is 0.870. The highest BCUT2D eigenvalue weighted by atomic mass is 16.5. The summed E-state index contributed by atoms with van der Waals surface area (Å²) in [6.45, 7) is 2.76. The van der Waals surface area contributed by atoms with Crippen molar-refractivity contribution < 1.29 is 14.3 Å². The monoisotopic (exact) mass is 349 g/mol. The van der Waals surface area contributed by atoms with Crippen LogP contribution in [0.25, 0.3) is 0 Å². The lowest BCUT2D eigenvalue weighted by molar-refractivity contribution is -0.115. The Morgan fingerprint density at radius 2 is 1.96 bits per heavy atom. The topological polar surface area (TPSA) is 132 Å². The van der Waals surface area contributed by atoms with Crippen LogP contribution < -0.4 is 26.8 Å². The smallest absolute Gasteiger partial charge is 0.238 e. The molecule has 1 aromatic rings. The molecule has 0 unspecified atom stereocenters. The van der Waals surface area contributed by atoms with Crippen molar-refractivity contribution in [3.05, 3.63) is 23.8 Å². The molecule has 0 saturated heterocycles. The van der Waals surface area contributed by atoms with Gasteiger partial charge in [0.2, 0.25) is 5.91 Å². The zero-order chi connectivity index (χ0) is 18.7. The number of anilines is 1. The molecule has 0 atom stereocenters. The van der Waals surface area contributed by atoms with E-state index in [1.54, 1.807) is 25.2 Å². The molecular weight excluding hydrogens is 322 g/mol. The van der Waals surface area contributed by atoms with Gasteiger partial charge in [0.15, 0.2) is 11.7 Å². The number of hydrogen-bond donors (Lipinski definition) is 4. The van der Waals surface area contributed by atoms with Gasteiger partial charge in [0.1, 0.15) is 5.75 Å². The fourth-order valence-electron chi connectivity index (χ4n) is 2.16. The number of carbonyl (C=O) groups is 2. The molecule has 25 heavy (non-hydrogen) atoms. The van der Waals surface area contributed by atoms with Crippen LogP contribution in [0.15, 0.2) is 23.2 Å². The first-order chi connectivity index (χ1) is 11.9. The van der Waals surface area contributed by atoms with Crippen LogP contribution in [0.2, 0.25) is 0 Å². The number of amides is 1. The number of unbranched alkanes of at least 4 members (excludes halogenated alkanes) is 2. The first-order valence-electron chi connectivity index (χ1n) is 8.21. The second-order valence-electron chi connectivity index (χ2n) is 5.56. The fourth-order valence-corrected chi connectivity index (χ4v) is 2.16. The third kappa shape index (κ3) is 8.16. The highest BCUT2D eigenvalue weighted by Gasteiger charge is 2.11. The second-order valence-corrected chi connectivity index (χ2v) is 5.56. The molecule has 0 aliphatic heterocycles. The third-order valence-electron chi connectivity index (χ3n) is 3.33. The molecule has 0 bridgehead atoms. The van der Waals surface area contributed by atoms with Crippen molar-refractivity contribution in [3.8, 4) is 5.75 Å². The maximum absolute atomic E-state index is 11.8. The van der Waals surface area contributed by atoms with Gasteiger partial charge in [-0.25, -0.2) is 0 Å². The van der Waals surface area contributed by atoms with Crippen LogP contribution in [-0.4, -0.2) is 44.4 Å². The summed E-state index contributed by atoms with van der Waals surface area (Å²) in [4.78, 5) is 27.3. The van der Waals surface area contributed by atoms with Crippen LogP contribution in [0.1, 0.15) is 36.5 Å². The van der Waals surface area contributed by atoms with Gasteiger partial charge in [-0.05, 0) is 51.4 Å². The van der Waals surface area contributed by atoms with Crippen molar-refractivity contribution in [2.45, 2.75) is 26.2 Å². The van der Waals surface area contributed by atoms with E-state index in [1.165, 1.54) is 6.92 Å². The Morgan fingerprint density at radius 3 is 2.60 bits per heavy atom. The van der Waals surface area contributed by atoms with E-state index in [0.29, 0.717) is 30.2 Å². The highest BCUT2D eigenvalue weighted by Crippen LogP contribution is 2.24. The molecule has 1 aromatic carbocycles. The summed E-state index contributed by atoms with van der Waals surface area (Å²) in [5.41, 5.74) is 11.5. The lowest BCUT2D eigenvalue weighted by Crippen LogP contribution is -2.25. The van der Waals surface area contributed by atoms with Crippen LogP contribution in [0.3, 0.4) is 0 Å². The number of Topliss-reactive ketones (excluding diaryl/α,β-unsaturated/α-hetero) is 1. The van der Waals surface area contributed by atoms with Crippen molar-refractivity contribution in [1.82, 2.24) is 5.32 Å². The average molecular weight is 349 g/mol. The maximum atomic E-state index is 11.8. The largest absolute Gasteiger partial charge is 0.493 e. The van der Waals surface area contributed by atoms with Crippen molar-refractivity contribution in [1.29, 1.82) is 0 Å². The lowest BCUT2D eigenvalue weighted by atomic mass is 10.1. The van der Waals surface area contributed by atoms with Gasteiger partial charge in [-0.1, -0.05) is 0 Å². The minimum atomic E-state index is -0.175. The Labute approximate surface area is 148 Å². The number of ether oxygens (including phenoxy) is 1. The number of guanidine groups is 1. The summed E-state index contributed by atoms with van der Waals surface area (Å²) in [6, 6.07) is 5.04. The molecule has 138 valence electrons. The van der Waals surface area contributed by atoms with Gasteiger partial charge < -0.3 is 26.8 Å². The van der Waals surface area contributed by atoms with E-state index in [-0.39, 0.29) is 24.2 Å². The van der Waals surface area contributed by atoms with Gasteiger partial charge >= 0.3 is 0 Å². The van der Waals surface area contributed by atoms with E-state index in [2.05, 4.69) is 15.6 Å². The molecule has 8 nitrogen and oxygen atoms in total. The Balaban J connectivity index is 2.54. The number of benzene rings is 1. The zero-order valence-electron chi connectivity index (χ0n) is 14.8. The number of ketones is 1. The first-order valence-corrected chi connectivity index (χ1v) is 8.21. The first kappa shape index (κ1) is 20.4. The number of nitrogens with zero attached hydrogens (tertiary/aromatic N) is 1. The molecule has 1 amide bonds. The quantitative estimate of drug-likeness (QED) is 0.203. The molecule has 0 heterocycles. The molecule has 0 spiro atoms. The third-order valence-corrected chi connectivity index (χ3v) is 3.33. The van der Waals surface area contributed by atoms with Crippen LogP contribution in [0, 0.1) is 0 Å². The van der Waals surface area contributed by atoms with Crippen molar-refractivity contribution in [2.75, 3.05) is 32.1 Å². The van der Waals surface area contributed by atoms with Crippen molar-refractivity contribution in [3.63, 3.8) is 0 Å². The number of nitrogens with one attached hydrogen (secondary N) is 2. The van der Waals surface area contributed by atoms with Crippen molar-refractivity contribution >= 4 is 23.3 Å². The average Bonchev–Trinajstić information content (AvgIpc) is 2.54. The minimum absolute atomic E-state index is 0.101. The standard InChI is InChI=1S/C17H27N5O3/c1-12(23)14-10-13(22-16(24)11-20-2)6-7-15(14)25-9-5-3-4-8-21-17(18)19/h6-7,10,20H,3-5,8-9,11H2,1-2H3,(H,22,24)(H4,18,19,21). The van der Waals surface area contributed by atoms with E-state index in [1.807, 2.05) is 0 Å². The van der Waals surface area contributed by atoms with E-state index in [0.717, 1.165) is 19.3 Å². The maximum Gasteiger partial charge on any atom is 0.238 e. The van der Waals surface area contributed by atoms with Crippen LogP contribution in [-0.2, 0) is 4.79 Å². The molecule has 0 aliphatic rings. The number of nitrogens with two attached hydrogens (primary N) is 2. The zero-order valence-corrected chi connectivity index (χ0v) is 14.8. The number of rotatable bonds is 11. The number of aliphatic imine (C=N–C) groups is 1. The van der Waals surface area contributed by atoms with Gasteiger partial charge in [-0.2, -0.15) is 0 Å². The Bertz CT molecular complexity index is 612. The number of hydrogen-bond acceptors (Lipinski definition) is 5. The Hall–Kier alpha value is -2.61. The summed E-state index contributed by atoms with van der Waals surface area (Å²) in [5, 5.41) is 5.49. The lowest BCUT2D eigenvalue weighted by Gasteiger charge is -2.12. The van der Waals surface area contributed by atoms with Crippen LogP contribution in [0.5, 0.6) is 5.75 Å². The normalized spacial score (nSPS) is 10.2. The summed E-state index contributed by atoms with van der Waals surface area (Å²) >= 11 is 0. The van der Waals surface area contributed by atoms with Gasteiger partial charge in [-0.3, -0.25) is 14.6 Å². The van der Waals surface area contributed by atoms with Crippen LogP contribution >= 0.6 is 0 Å². The summed E-state index contributed by atoms with van der Waals surface area (Å²) in [7, 11) is 1.69. The van der Waals surface area contributed by atoms with E-state index >= 15 is 0 Å². The fraction of sp³-hybridized carbons (Fsp3) is 0.471. The van der Waals surface area contributed by atoms with Gasteiger partial charge in [0, 0.05) is 12.2 Å². The molecule has 6 N–H and O–H groups in total. The predicted molar refractivity (Wildman–Crippen MR) is 99.0 cm³/mol. The minimum Gasteiger partial charge on any atom is -0.493 e. The molecule has 0 fully saturated rings. The highest BCUT2D eigenvalue weighted by molar-refractivity contribution is 5.99. The number of likely N-dealkylation sites (N-methyl/N-ethyl adjacent to an activating group) is 1. The molecule has 0 aliphatic carbocycles. The van der Waals surface area contributed by atoms with Gasteiger partial charge in [-0.15, -0.1) is 0 Å². The molecular formula is C17H27N5O3. The van der Waals surface area contributed by atoms with E-state index in [4.69, 9.17) is 16.2 Å². The molecule has 1 rings (SSSR count). The van der Waals surface area contributed by atoms with Gasteiger partial charge in [0.25, 0.3) is 0 Å². The molecule has 0 aromatic heterocycles. The molecule has 8 heteroatoms. The molecule has 0 saturated carbocycles. The number of carbonyl (C=O) groups excluding carboxylic acids is 2. The summed E-state index contributed by atoms with van der Waals surface area (Å²) in [5.74, 6) is 0.325.